The molecule has 1 N–H and O–H groups in total. The molecule has 5 heteroatoms. The molecule has 0 bridgehead atoms. The lowest BCUT2D eigenvalue weighted by Crippen LogP contribution is -2.25. The molecule has 0 fully saturated rings. The number of benzene rings is 3. The molecule has 0 aliphatic rings. The second kappa shape index (κ2) is 11.3. The van der Waals surface area contributed by atoms with Gasteiger partial charge in [0.2, 0.25) is 0 Å². The average Bonchev–Trinajstić information content (AvgIpc) is 2.78. The minimum absolute atomic E-state index is 0.0962. The highest BCUT2D eigenvalue weighted by Crippen LogP contribution is 2.32. The molecule has 0 radical (unpaired) electrons. The highest BCUT2D eigenvalue weighted by Gasteiger charge is 2.10. The van der Waals surface area contributed by atoms with Gasteiger partial charge < -0.3 is 5.32 Å². The Morgan fingerprint density at radius 3 is 2.43 bits per heavy atom. The van der Waals surface area contributed by atoms with Crippen LogP contribution in [0.4, 0.5) is 0 Å². The standard InChI is InChI=1S/C25H21ClN2OS/c26-22-12-14-23(15-13-22)30-24-11-5-4-10-20(24)17-21(18-27)25(29)28-16-6-9-19-7-2-1-3-8-19/h1-5,7-8,10-15,17H,6,9,16H2,(H,28,29)/b21-17+. The topological polar surface area (TPSA) is 52.9 Å². The first-order valence-electron chi connectivity index (χ1n) is 9.62. The lowest BCUT2D eigenvalue weighted by molar-refractivity contribution is -0.117. The third kappa shape index (κ3) is 6.52. The van der Waals surface area contributed by atoms with E-state index in [-0.39, 0.29) is 11.5 Å². The monoisotopic (exact) mass is 432 g/mol. The third-order valence-corrected chi connectivity index (χ3v) is 5.75. The highest BCUT2D eigenvalue weighted by atomic mass is 35.5. The summed E-state index contributed by atoms with van der Waals surface area (Å²) >= 11 is 7.52. The fourth-order valence-corrected chi connectivity index (χ4v) is 3.90. The molecule has 1 amide bonds. The Morgan fingerprint density at radius 2 is 1.70 bits per heavy atom. The third-order valence-electron chi connectivity index (χ3n) is 4.40. The van der Waals surface area contributed by atoms with Crippen LogP contribution in [0.3, 0.4) is 0 Å². The van der Waals surface area contributed by atoms with Crippen LogP contribution in [0.25, 0.3) is 6.08 Å². The summed E-state index contributed by atoms with van der Waals surface area (Å²) in [5.41, 5.74) is 2.16. The molecule has 30 heavy (non-hydrogen) atoms. The first-order chi connectivity index (χ1) is 14.7. The molecular formula is C25H21ClN2OS. The van der Waals surface area contributed by atoms with Crippen molar-refractivity contribution < 1.29 is 4.79 Å². The summed E-state index contributed by atoms with van der Waals surface area (Å²) in [6.07, 6.45) is 3.34. The predicted molar refractivity (Wildman–Crippen MR) is 123 cm³/mol. The van der Waals surface area contributed by atoms with Crippen molar-refractivity contribution in [2.24, 2.45) is 0 Å². The number of nitrogens with one attached hydrogen (secondary N) is 1. The molecule has 3 aromatic rings. The van der Waals surface area contributed by atoms with E-state index in [9.17, 15) is 10.1 Å². The first-order valence-corrected chi connectivity index (χ1v) is 10.8. The van der Waals surface area contributed by atoms with Crippen molar-refractivity contribution in [3.63, 3.8) is 0 Å². The van der Waals surface area contributed by atoms with E-state index in [0.717, 1.165) is 28.2 Å². The number of rotatable bonds is 8. The lowest BCUT2D eigenvalue weighted by atomic mass is 10.1. The van der Waals surface area contributed by atoms with Gasteiger partial charge in [0.1, 0.15) is 11.6 Å². The maximum atomic E-state index is 12.5. The molecule has 0 aliphatic heterocycles. The molecule has 0 aliphatic carbocycles. The zero-order chi connectivity index (χ0) is 21.2. The van der Waals surface area contributed by atoms with Crippen LogP contribution in [0, 0.1) is 11.3 Å². The number of hydrogen-bond acceptors (Lipinski definition) is 3. The Morgan fingerprint density at radius 1 is 1.00 bits per heavy atom. The summed E-state index contributed by atoms with van der Waals surface area (Å²) in [6.45, 7) is 0.522. The zero-order valence-corrected chi connectivity index (χ0v) is 17.9. The van der Waals surface area contributed by atoms with Gasteiger partial charge in [-0.1, -0.05) is 71.9 Å². The Kier molecular flexibility index (Phi) is 8.14. The maximum Gasteiger partial charge on any atom is 0.261 e. The molecule has 0 unspecified atom stereocenters. The Hall–Kier alpha value is -3.00. The largest absolute Gasteiger partial charge is 0.351 e. The van der Waals surface area contributed by atoms with Gasteiger partial charge in [-0.2, -0.15) is 5.26 Å². The van der Waals surface area contributed by atoms with Gasteiger partial charge in [0.15, 0.2) is 0 Å². The molecular weight excluding hydrogens is 412 g/mol. The average molecular weight is 433 g/mol. The van der Waals surface area contributed by atoms with E-state index in [1.807, 2.05) is 72.8 Å². The van der Waals surface area contributed by atoms with Gasteiger partial charge in [-0.15, -0.1) is 0 Å². The minimum atomic E-state index is -0.350. The summed E-state index contributed by atoms with van der Waals surface area (Å²) in [5.74, 6) is -0.350. The number of amides is 1. The summed E-state index contributed by atoms with van der Waals surface area (Å²) < 4.78 is 0. The molecule has 0 spiro atoms. The molecule has 3 nitrogen and oxygen atoms in total. The molecule has 0 saturated carbocycles. The second-order valence-corrected chi connectivity index (χ2v) is 8.16. The summed E-state index contributed by atoms with van der Waals surface area (Å²) in [5, 5.41) is 13.0. The van der Waals surface area contributed by atoms with E-state index in [1.54, 1.807) is 17.8 Å². The SMILES string of the molecule is N#C/C(=C\c1ccccc1Sc1ccc(Cl)cc1)C(=O)NCCCc1ccccc1. The number of halogens is 1. The van der Waals surface area contributed by atoms with Crippen molar-refractivity contribution in [3.05, 3.63) is 101 Å². The van der Waals surface area contributed by atoms with Crippen LogP contribution in [-0.4, -0.2) is 12.5 Å². The van der Waals surface area contributed by atoms with E-state index >= 15 is 0 Å². The van der Waals surface area contributed by atoms with Crippen LogP contribution < -0.4 is 5.32 Å². The molecule has 0 atom stereocenters. The normalized spacial score (nSPS) is 11.0. The van der Waals surface area contributed by atoms with Gasteiger partial charge in [0.05, 0.1) is 0 Å². The predicted octanol–water partition coefficient (Wildman–Crippen LogP) is 6.15. The van der Waals surface area contributed by atoms with E-state index in [4.69, 9.17) is 11.6 Å². The fraction of sp³-hybridized carbons (Fsp3) is 0.120. The quantitative estimate of drug-likeness (QED) is 0.264. The second-order valence-electron chi connectivity index (χ2n) is 6.61. The van der Waals surface area contributed by atoms with Crippen LogP contribution >= 0.6 is 23.4 Å². The number of aryl methyl sites for hydroxylation is 1. The zero-order valence-electron chi connectivity index (χ0n) is 16.3. The van der Waals surface area contributed by atoms with Crippen LogP contribution in [0.5, 0.6) is 0 Å². The Bertz CT molecular complexity index is 1060. The van der Waals surface area contributed by atoms with Crippen LogP contribution in [0.1, 0.15) is 17.5 Å². The summed E-state index contributed by atoms with van der Waals surface area (Å²) in [6, 6.07) is 27.4. The van der Waals surface area contributed by atoms with Gasteiger partial charge in [0, 0.05) is 21.4 Å². The number of nitrogens with zero attached hydrogens (tertiary/aromatic N) is 1. The number of carbonyl (C=O) groups excluding carboxylic acids is 1. The van der Waals surface area contributed by atoms with Crippen molar-refractivity contribution in [1.29, 1.82) is 5.26 Å². The van der Waals surface area contributed by atoms with E-state index < -0.39 is 0 Å². The van der Waals surface area contributed by atoms with Gasteiger partial charge in [0.25, 0.3) is 5.91 Å². The van der Waals surface area contributed by atoms with Crippen LogP contribution in [0.2, 0.25) is 5.02 Å². The number of nitriles is 1. The van der Waals surface area contributed by atoms with Crippen molar-refractivity contribution in [3.8, 4) is 6.07 Å². The van der Waals surface area contributed by atoms with E-state index in [0.29, 0.717) is 11.6 Å². The fourth-order valence-electron chi connectivity index (χ4n) is 2.86. The van der Waals surface area contributed by atoms with Gasteiger partial charge in [-0.05, 0) is 60.4 Å². The van der Waals surface area contributed by atoms with Crippen molar-refractivity contribution in [2.75, 3.05) is 6.54 Å². The first kappa shape index (κ1) is 21.7. The molecule has 0 saturated heterocycles. The maximum absolute atomic E-state index is 12.5. The number of hydrogen-bond donors (Lipinski definition) is 1. The smallest absolute Gasteiger partial charge is 0.261 e. The van der Waals surface area contributed by atoms with Gasteiger partial charge in [-0.25, -0.2) is 0 Å². The van der Waals surface area contributed by atoms with E-state index in [2.05, 4.69) is 17.4 Å². The summed E-state index contributed by atoms with van der Waals surface area (Å²) in [7, 11) is 0. The van der Waals surface area contributed by atoms with Crippen molar-refractivity contribution in [1.82, 2.24) is 5.32 Å². The summed E-state index contributed by atoms with van der Waals surface area (Å²) in [4.78, 5) is 14.5. The van der Waals surface area contributed by atoms with Crippen LogP contribution in [-0.2, 0) is 11.2 Å². The minimum Gasteiger partial charge on any atom is -0.351 e. The Labute approximate surface area is 186 Å². The van der Waals surface area contributed by atoms with Crippen molar-refractivity contribution in [2.45, 2.75) is 22.6 Å². The highest BCUT2D eigenvalue weighted by molar-refractivity contribution is 7.99. The van der Waals surface area contributed by atoms with Crippen LogP contribution in [0.15, 0.2) is 94.2 Å². The molecule has 3 aromatic carbocycles. The molecule has 0 aromatic heterocycles. The van der Waals surface area contributed by atoms with Crippen molar-refractivity contribution >= 4 is 35.3 Å². The van der Waals surface area contributed by atoms with Gasteiger partial charge in [-0.3, -0.25) is 4.79 Å². The lowest BCUT2D eigenvalue weighted by Gasteiger charge is -2.08. The van der Waals surface area contributed by atoms with E-state index in [1.165, 1.54) is 5.56 Å². The number of carbonyl (C=O) groups is 1. The molecule has 3 rings (SSSR count). The molecule has 150 valence electrons. The molecule has 0 heterocycles. The van der Waals surface area contributed by atoms with Gasteiger partial charge >= 0.3 is 0 Å². The Balaban J connectivity index is 1.64.